The number of aliphatic carboxylic acids is 1. The molecule has 0 aromatic rings. The van der Waals surface area contributed by atoms with Gasteiger partial charge in [-0.2, -0.15) is 11.8 Å². The number of carbonyl (C=O) groups excluding carboxylic acids is 3. The van der Waals surface area contributed by atoms with Crippen LogP contribution >= 0.6 is 11.8 Å². The number of carbonyl (C=O) groups is 4. The van der Waals surface area contributed by atoms with Gasteiger partial charge in [-0.05, 0) is 31.3 Å². The quantitative estimate of drug-likeness (QED) is 0.213. The van der Waals surface area contributed by atoms with E-state index in [1.54, 1.807) is 6.92 Å². The van der Waals surface area contributed by atoms with Crippen molar-refractivity contribution in [2.45, 2.75) is 57.8 Å². The molecule has 0 saturated heterocycles. The Balaban J connectivity index is 5.16. The Morgan fingerprint density at radius 1 is 1.04 bits per heavy atom. The summed E-state index contributed by atoms with van der Waals surface area (Å²) in [7, 11) is 0. The molecule has 0 aliphatic rings. The van der Waals surface area contributed by atoms with Crippen molar-refractivity contribution in [3.63, 3.8) is 0 Å². The van der Waals surface area contributed by atoms with E-state index in [0.717, 1.165) is 0 Å². The number of aliphatic hydroxyl groups is 1. The maximum atomic E-state index is 12.6. The molecule has 0 aliphatic heterocycles. The summed E-state index contributed by atoms with van der Waals surface area (Å²) < 4.78 is 0. The maximum Gasteiger partial charge on any atom is 0.322 e. The first-order valence-corrected chi connectivity index (χ1v) is 10.5. The lowest BCUT2D eigenvalue weighted by Crippen LogP contribution is -2.60. The van der Waals surface area contributed by atoms with Gasteiger partial charge in [0.2, 0.25) is 17.7 Å². The van der Waals surface area contributed by atoms with Gasteiger partial charge >= 0.3 is 5.97 Å². The van der Waals surface area contributed by atoms with Crippen LogP contribution in [0.25, 0.3) is 0 Å². The fourth-order valence-corrected chi connectivity index (χ4v) is 2.75. The van der Waals surface area contributed by atoms with Crippen molar-refractivity contribution in [2.24, 2.45) is 11.7 Å². The zero-order chi connectivity index (χ0) is 21.9. The van der Waals surface area contributed by atoms with Gasteiger partial charge in [0.05, 0.1) is 12.1 Å². The van der Waals surface area contributed by atoms with Crippen molar-refractivity contribution >= 4 is 35.5 Å². The summed E-state index contributed by atoms with van der Waals surface area (Å²) >= 11 is 1.53. The van der Waals surface area contributed by atoms with Crippen LogP contribution in [0.5, 0.6) is 0 Å². The summed E-state index contributed by atoms with van der Waals surface area (Å²) in [6, 6.07) is -3.14. The zero-order valence-electron chi connectivity index (χ0n) is 16.7. The molecule has 28 heavy (non-hydrogen) atoms. The second-order valence-electron chi connectivity index (χ2n) is 6.60. The van der Waals surface area contributed by atoms with Gasteiger partial charge in [-0.3, -0.25) is 19.2 Å². The standard InChI is InChI=1S/C17H32N4O6S/c1-5-9(2)13(16(26)19-8-12(23)24)20-17(27)14(10(3)22)21-15(25)11(18)6-7-28-4/h9-11,13-14,22H,5-8,18H2,1-4H3,(H,19,26)(H,20,27)(H,21,25)(H,23,24). The highest BCUT2D eigenvalue weighted by atomic mass is 32.2. The number of hydrogen-bond acceptors (Lipinski definition) is 7. The lowest BCUT2D eigenvalue weighted by atomic mass is 9.97. The van der Waals surface area contributed by atoms with E-state index in [-0.39, 0.29) is 5.92 Å². The average molecular weight is 421 g/mol. The lowest BCUT2D eigenvalue weighted by molar-refractivity contribution is -0.139. The minimum Gasteiger partial charge on any atom is -0.480 e. The number of hydrogen-bond donors (Lipinski definition) is 6. The summed E-state index contributed by atoms with van der Waals surface area (Å²) in [6.07, 6.45) is 1.60. The molecule has 0 saturated carbocycles. The Bertz CT molecular complexity index is 546. The fraction of sp³-hybridized carbons (Fsp3) is 0.765. The smallest absolute Gasteiger partial charge is 0.322 e. The third-order valence-corrected chi connectivity index (χ3v) is 4.88. The minimum absolute atomic E-state index is 0.299. The Hall–Kier alpha value is -1.85. The van der Waals surface area contributed by atoms with Crippen molar-refractivity contribution in [3.8, 4) is 0 Å². The van der Waals surface area contributed by atoms with Crippen molar-refractivity contribution < 1.29 is 29.4 Å². The first-order chi connectivity index (χ1) is 13.0. The topological polar surface area (TPSA) is 171 Å². The predicted molar refractivity (Wildman–Crippen MR) is 107 cm³/mol. The third-order valence-electron chi connectivity index (χ3n) is 4.24. The zero-order valence-corrected chi connectivity index (χ0v) is 17.5. The Morgan fingerprint density at radius 2 is 1.61 bits per heavy atom. The van der Waals surface area contributed by atoms with Crippen LogP contribution in [0.2, 0.25) is 0 Å². The van der Waals surface area contributed by atoms with E-state index < -0.39 is 54.5 Å². The number of carboxylic acids is 1. The van der Waals surface area contributed by atoms with Gasteiger partial charge < -0.3 is 31.9 Å². The molecule has 0 radical (unpaired) electrons. The summed E-state index contributed by atoms with van der Waals surface area (Å²) in [5.41, 5.74) is 5.78. The van der Waals surface area contributed by atoms with E-state index >= 15 is 0 Å². The molecule has 162 valence electrons. The van der Waals surface area contributed by atoms with Crippen molar-refractivity contribution in [2.75, 3.05) is 18.6 Å². The molecule has 7 N–H and O–H groups in total. The van der Waals surface area contributed by atoms with Crippen molar-refractivity contribution in [1.29, 1.82) is 0 Å². The summed E-state index contributed by atoms with van der Waals surface area (Å²) in [5, 5.41) is 25.8. The largest absolute Gasteiger partial charge is 0.480 e. The van der Waals surface area contributed by atoms with Gasteiger partial charge in [0.25, 0.3) is 0 Å². The molecule has 0 heterocycles. The van der Waals surface area contributed by atoms with E-state index in [0.29, 0.717) is 18.6 Å². The second-order valence-corrected chi connectivity index (χ2v) is 7.58. The van der Waals surface area contributed by atoms with Gasteiger partial charge in [0, 0.05) is 0 Å². The average Bonchev–Trinajstić information content (AvgIpc) is 2.64. The first kappa shape index (κ1) is 26.1. The number of carboxylic acid groups (broad SMARTS) is 1. The Kier molecular flexibility index (Phi) is 12.5. The normalized spacial score (nSPS) is 16.2. The highest BCUT2D eigenvalue weighted by Gasteiger charge is 2.32. The highest BCUT2D eigenvalue weighted by Crippen LogP contribution is 2.09. The van der Waals surface area contributed by atoms with Crippen LogP contribution in [0.15, 0.2) is 0 Å². The van der Waals surface area contributed by atoms with Gasteiger partial charge in [-0.15, -0.1) is 0 Å². The van der Waals surface area contributed by atoms with Crippen LogP contribution in [0, 0.1) is 5.92 Å². The Morgan fingerprint density at radius 3 is 2.07 bits per heavy atom. The second kappa shape index (κ2) is 13.3. The molecule has 5 atom stereocenters. The molecule has 0 fully saturated rings. The van der Waals surface area contributed by atoms with Crippen LogP contribution < -0.4 is 21.7 Å². The molecule has 11 heteroatoms. The molecule has 0 rings (SSSR count). The van der Waals surface area contributed by atoms with E-state index in [1.807, 2.05) is 13.2 Å². The molecule has 3 amide bonds. The predicted octanol–water partition coefficient (Wildman–Crippen LogP) is -1.34. The third kappa shape index (κ3) is 9.38. The summed E-state index contributed by atoms with van der Waals surface area (Å²) in [5.74, 6) is -2.83. The van der Waals surface area contributed by atoms with Crippen LogP contribution in [0.3, 0.4) is 0 Å². The van der Waals surface area contributed by atoms with E-state index in [1.165, 1.54) is 18.7 Å². The van der Waals surface area contributed by atoms with E-state index in [4.69, 9.17) is 10.8 Å². The maximum absolute atomic E-state index is 12.6. The van der Waals surface area contributed by atoms with E-state index in [2.05, 4.69) is 16.0 Å². The number of aliphatic hydroxyl groups excluding tert-OH is 1. The molecular formula is C17H32N4O6S. The van der Waals surface area contributed by atoms with Crippen molar-refractivity contribution in [3.05, 3.63) is 0 Å². The molecule has 0 aromatic carbocycles. The number of nitrogens with two attached hydrogens (primary N) is 1. The number of amides is 3. The number of nitrogens with one attached hydrogen (secondary N) is 3. The van der Waals surface area contributed by atoms with Gasteiger partial charge in [-0.1, -0.05) is 20.3 Å². The SMILES string of the molecule is CCC(C)C(NC(=O)C(NC(=O)C(N)CCSC)C(C)O)C(=O)NCC(=O)O. The van der Waals surface area contributed by atoms with Crippen molar-refractivity contribution in [1.82, 2.24) is 16.0 Å². The van der Waals surface area contributed by atoms with Crippen LogP contribution in [0.1, 0.15) is 33.6 Å². The molecule has 5 unspecified atom stereocenters. The lowest BCUT2D eigenvalue weighted by Gasteiger charge is -2.28. The number of rotatable bonds is 13. The highest BCUT2D eigenvalue weighted by molar-refractivity contribution is 7.98. The van der Waals surface area contributed by atoms with Crippen LogP contribution in [-0.2, 0) is 19.2 Å². The molecule has 0 aromatic heterocycles. The first-order valence-electron chi connectivity index (χ1n) is 9.07. The van der Waals surface area contributed by atoms with Gasteiger partial charge in [0.15, 0.2) is 0 Å². The Labute approximate surface area is 169 Å². The number of thioether (sulfide) groups is 1. The summed E-state index contributed by atoms with van der Waals surface area (Å²) in [6.45, 7) is 4.29. The molecule has 10 nitrogen and oxygen atoms in total. The van der Waals surface area contributed by atoms with Crippen LogP contribution in [-0.4, -0.2) is 76.7 Å². The van der Waals surface area contributed by atoms with Gasteiger partial charge in [0.1, 0.15) is 18.6 Å². The molecule has 0 aliphatic carbocycles. The molecule has 0 spiro atoms. The van der Waals surface area contributed by atoms with E-state index in [9.17, 15) is 24.3 Å². The minimum atomic E-state index is -1.30. The monoisotopic (exact) mass is 420 g/mol. The van der Waals surface area contributed by atoms with Gasteiger partial charge in [-0.25, -0.2) is 0 Å². The molecular weight excluding hydrogens is 388 g/mol. The summed E-state index contributed by atoms with van der Waals surface area (Å²) in [4.78, 5) is 47.7. The fourth-order valence-electron chi connectivity index (χ4n) is 2.26. The van der Waals surface area contributed by atoms with Crippen LogP contribution in [0.4, 0.5) is 0 Å². The molecule has 0 bridgehead atoms.